The van der Waals surface area contributed by atoms with Crippen LogP contribution in [0.4, 0.5) is 0 Å². The Labute approximate surface area is 203 Å². The third-order valence-corrected chi connectivity index (χ3v) is 6.91. The molecule has 2 aromatic carbocycles. The summed E-state index contributed by atoms with van der Waals surface area (Å²) in [5.41, 5.74) is 4.58. The van der Waals surface area contributed by atoms with Gasteiger partial charge in [0.05, 0.1) is 18.3 Å². The molecule has 1 aliphatic carbocycles. The van der Waals surface area contributed by atoms with Crippen LogP contribution in [-0.4, -0.2) is 52.0 Å². The van der Waals surface area contributed by atoms with Gasteiger partial charge in [0.15, 0.2) is 5.82 Å². The van der Waals surface area contributed by atoms with Crippen LogP contribution in [0.15, 0.2) is 36.4 Å². The van der Waals surface area contributed by atoms with Gasteiger partial charge < -0.3 is 14.6 Å². The van der Waals surface area contributed by atoms with E-state index in [9.17, 15) is 15.2 Å². The summed E-state index contributed by atoms with van der Waals surface area (Å²) < 4.78 is 10.4. The second kappa shape index (κ2) is 10.4. The Kier molecular flexibility index (Phi) is 7.37. The number of nitrogens with zero attached hydrogens (tertiary/aromatic N) is 4. The van der Waals surface area contributed by atoms with Gasteiger partial charge in [-0.15, -0.1) is 0 Å². The molecule has 1 aromatic heterocycles. The zero-order valence-electron chi connectivity index (χ0n) is 19.6. The van der Waals surface area contributed by atoms with Crippen LogP contribution in [0.2, 0.25) is 0 Å². The van der Waals surface area contributed by atoms with Gasteiger partial charge in [0.25, 0.3) is 0 Å². The Bertz CT molecular complexity index is 1220. The number of benzene rings is 2. The number of likely N-dealkylation sites (N-methyl/N-ethyl adjacent to an activating group) is 1. The molecule has 1 aliphatic rings. The van der Waals surface area contributed by atoms with Gasteiger partial charge in [-0.25, -0.2) is 4.98 Å². The van der Waals surface area contributed by atoms with E-state index in [0.717, 1.165) is 34.4 Å². The maximum Gasteiger partial charge on any atom is 0.173 e. The highest BCUT2D eigenvalue weighted by atomic mass is 32.1. The van der Waals surface area contributed by atoms with E-state index >= 15 is 0 Å². The molecule has 0 radical (unpaired) electrons. The van der Waals surface area contributed by atoms with Crippen LogP contribution in [0, 0.1) is 17.2 Å². The number of hydrogen-bond donors (Lipinski definition) is 1. The van der Waals surface area contributed by atoms with Crippen LogP contribution in [0.3, 0.4) is 0 Å². The summed E-state index contributed by atoms with van der Waals surface area (Å²) >= 11 is 1.30. The van der Waals surface area contributed by atoms with E-state index in [1.54, 1.807) is 12.1 Å². The van der Waals surface area contributed by atoms with E-state index in [4.69, 9.17) is 9.72 Å². The molecular formula is C26H28N4O3S. The number of ether oxygens (including phenoxy) is 1. The molecule has 1 heterocycles. The summed E-state index contributed by atoms with van der Waals surface area (Å²) in [5.74, 6) is 1.36. The van der Waals surface area contributed by atoms with Crippen molar-refractivity contribution in [2.75, 3.05) is 20.2 Å². The number of hydrogen-bond acceptors (Lipinski definition) is 8. The quantitative estimate of drug-likeness (QED) is 0.461. The molecule has 8 heteroatoms. The highest BCUT2D eigenvalue weighted by Gasteiger charge is 2.36. The lowest BCUT2D eigenvalue weighted by Crippen LogP contribution is -2.30. The molecule has 2 atom stereocenters. The molecule has 0 aliphatic heterocycles. The van der Waals surface area contributed by atoms with Gasteiger partial charge in [-0.2, -0.15) is 9.64 Å². The maximum absolute atomic E-state index is 11.4. The standard InChI is InChI=1S/C26H28N4O3S/c1-16(2)33-23-8-7-18(13-19(23)15-27)26-28-25(29-34-26)21-6-4-5-20-22(21)14-17(9-11-31)24(20)30(3)10-12-32/h4-8,11,13,16-17,24,32H,9-10,12,14H2,1-3H3. The summed E-state index contributed by atoms with van der Waals surface area (Å²) in [6.07, 6.45) is 2.19. The lowest BCUT2D eigenvalue weighted by atomic mass is 9.96. The molecule has 0 fully saturated rings. The molecule has 7 nitrogen and oxygen atoms in total. The molecular weight excluding hydrogens is 448 g/mol. The van der Waals surface area contributed by atoms with Crippen molar-refractivity contribution in [2.45, 2.75) is 38.8 Å². The molecule has 3 aromatic rings. The van der Waals surface area contributed by atoms with Gasteiger partial charge in [-0.05, 0) is 74.1 Å². The van der Waals surface area contributed by atoms with Gasteiger partial charge in [0, 0.05) is 30.1 Å². The summed E-state index contributed by atoms with van der Waals surface area (Å²) in [6, 6.07) is 13.9. The third kappa shape index (κ3) is 4.73. The van der Waals surface area contributed by atoms with Crippen molar-refractivity contribution in [3.63, 3.8) is 0 Å². The fraction of sp³-hybridized carbons (Fsp3) is 0.385. The van der Waals surface area contributed by atoms with E-state index in [2.05, 4.69) is 21.4 Å². The number of fused-ring (bicyclic) bond motifs is 1. The third-order valence-electron chi connectivity index (χ3n) is 6.15. The summed E-state index contributed by atoms with van der Waals surface area (Å²) in [7, 11) is 1.99. The largest absolute Gasteiger partial charge is 0.490 e. The van der Waals surface area contributed by atoms with Crippen LogP contribution in [0.5, 0.6) is 5.75 Å². The molecule has 34 heavy (non-hydrogen) atoms. The number of aliphatic hydroxyl groups excluding tert-OH is 1. The van der Waals surface area contributed by atoms with Crippen molar-refractivity contribution < 1.29 is 14.6 Å². The number of aliphatic hydroxyl groups is 1. The van der Waals surface area contributed by atoms with Crippen LogP contribution in [-0.2, 0) is 11.2 Å². The molecule has 176 valence electrons. The van der Waals surface area contributed by atoms with E-state index in [0.29, 0.717) is 30.1 Å². The SMILES string of the molecule is CC(C)Oc1ccc(-c2nc(-c3cccc4c3CC(CC=O)C4N(C)CCO)ns2)cc1C#N. The van der Waals surface area contributed by atoms with Gasteiger partial charge in [-0.1, -0.05) is 18.2 Å². The number of carbonyl (C=O) groups is 1. The highest BCUT2D eigenvalue weighted by molar-refractivity contribution is 7.09. The minimum atomic E-state index is -0.0189. The molecule has 0 saturated heterocycles. The fourth-order valence-corrected chi connectivity index (χ4v) is 5.41. The minimum absolute atomic E-state index is 0.0189. The monoisotopic (exact) mass is 476 g/mol. The van der Waals surface area contributed by atoms with Gasteiger partial charge in [0.1, 0.15) is 23.1 Å². The summed E-state index contributed by atoms with van der Waals surface area (Å²) in [5, 5.41) is 19.7. The Morgan fingerprint density at radius 2 is 2.18 bits per heavy atom. The Balaban J connectivity index is 1.68. The number of rotatable bonds is 9. The normalized spacial score (nSPS) is 17.1. The predicted molar refractivity (Wildman–Crippen MR) is 132 cm³/mol. The Hall–Kier alpha value is -3.12. The first-order chi connectivity index (χ1) is 16.5. The lowest BCUT2D eigenvalue weighted by Gasteiger charge is -2.29. The molecule has 4 rings (SSSR count). The maximum atomic E-state index is 11.4. The van der Waals surface area contributed by atoms with Crippen molar-refractivity contribution in [3.05, 3.63) is 53.1 Å². The number of carbonyl (C=O) groups excluding carboxylic acids is 1. The van der Waals surface area contributed by atoms with Gasteiger partial charge in [0.2, 0.25) is 0 Å². The van der Waals surface area contributed by atoms with Crippen molar-refractivity contribution in [1.82, 2.24) is 14.3 Å². The Morgan fingerprint density at radius 3 is 2.88 bits per heavy atom. The van der Waals surface area contributed by atoms with Crippen molar-refractivity contribution >= 4 is 17.8 Å². The van der Waals surface area contributed by atoms with Crippen molar-refractivity contribution in [3.8, 4) is 33.8 Å². The first-order valence-corrected chi connectivity index (χ1v) is 12.2. The summed E-state index contributed by atoms with van der Waals surface area (Å²) in [6.45, 7) is 4.46. The zero-order chi connectivity index (χ0) is 24.2. The molecule has 1 N–H and O–H groups in total. The second-order valence-electron chi connectivity index (χ2n) is 8.80. The molecule has 0 spiro atoms. The van der Waals surface area contributed by atoms with E-state index in [1.807, 2.05) is 39.1 Å². The van der Waals surface area contributed by atoms with Gasteiger partial charge >= 0.3 is 0 Å². The van der Waals surface area contributed by atoms with Crippen molar-refractivity contribution in [1.29, 1.82) is 5.26 Å². The Morgan fingerprint density at radius 1 is 1.35 bits per heavy atom. The van der Waals surface area contributed by atoms with Crippen LogP contribution in [0.1, 0.15) is 43.0 Å². The number of nitriles is 1. The predicted octanol–water partition coefficient (Wildman–Crippen LogP) is 4.26. The van der Waals surface area contributed by atoms with E-state index < -0.39 is 0 Å². The second-order valence-corrected chi connectivity index (χ2v) is 9.55. The van der Waals surface area contributed by atoms with E-state index in [1.165, 1.54) is 17.1 Å². The molecule has 2 unspecified atom stereocenters. The smallest absolute Gasteiger partial charge is 0.173 e. The average Bonchev–Trinajstić information content (AvgIpc) is 3.44. The zero-order valence-corrected chi connectivity index (χ0v) is 20.4. The first-order valence-electron chi connectivity index (χ1n) is 11.4. The average molecular weight is 477 g/mol. The minimum Gasteiger partial charge on any atom is -0.490 e. The van der Waals surface area contributed by atoms with Gasteiger partial charge in [-0.3, -0.25) is 4.90 Å². The molecule has 0 amide bonds. The first kappa shape index (κ1) is 24.0. The van der Waals surface area contributed by atoms with E-state index in [-0.39, 0.29) is 24.7 Å². The van der Waals surface area contributed by atoms with Crippen LogP contribution in [0.25, 0.3) is 22.0 Å². The fourth-order valence-electron chi connectivity index (χ4n) is 4.73. The van der Waals surface area contributed by atoms with Crippen molar-refractivity contribution in [2.24, 2.45) is 5.92 Å². The number of aromatic nitrogens is 2. The summed E-state index contributed by atoms with van der Waals surface area (Å²) in [4.78, 5) is 18.3. The number of aldehydes is 1. The van der Waals surface area contributed by atoms with Crippen LogP contribution >= 0.6 is 11.5 Å². The topological polar surface area (TPSA) is 99.3 Å². The molecule has 0 bridgehead atoms. The molecule has 0 saturated carbocycles. The highest BCUT2D eigenvalue weighted by Crippen LogP contribution is 2.44. The van der Waals surface area contributed by atoms with Crippen LogP contribution < -0.4 is 4.74 Å². The lowest BCUT2D eigenvalue weighted by molar-refractivity contribution is -0.109.